The van der Waals surface area contributed by atoms with E-state index in [2.05, 4.69) is 20.2 Å². The second-order valence-electron chi connectivity index (χ2n) is 5.92. The highest BCUT2D eigenvalue weighted by molar-refractivity contribution is 6.30. The summed E-state index contributed by atoms with van der Waals surface area (Å²) in [7, 11) is 0. The summed E-state index contributed by atoms with van der Waals surface area (Å²) in [4.78, 5) is 22.6. The predicted octanol–water partition coefficient (Wildman–Crippen LogP) is 3.08. The predicted molar refractivity (Wildman–Crippen MR) is 93.3 cm³/mol. The average Bonchev–Trinajstić information content (AvgIpc) is 2.58. The Morgan fingerprint density at radius 2 is 2.00 bits per heavy atom. The molecule has 24 heavy (non-hydrogen) atoms. The quantitative estimate of drug-likeness (QED) is 0.889. The topological polar surface area (TPSA) is 78.4 Å². The number of nitrogens with zero attached hydrogens (tertiary/aromatic N) is 3. The van der Waals surface area contributed by atoms with Crippen LogP contribution in [0.1, 0.15) is 19.3 Å². The zero-order chi connectivity index (χ0) is 16.9. The molecule has 1 amide bonds. The summed E-state index contributed by atoms with van der Waals surface area (Å²) in [6, 6.07) is 6.85. The van der Waals surface area contributed by atoms with Crippen LogP contribution in [-0.4, -0.2) is 34.1 Å². The molecule has 1 fully saturated rings. The third-order valence-electron chi connectivity index (χ3n) is 4.14. The van der Waals surface area contributed by atoms with Crippen LogP contribution in [0.2, 0.25) is 5.02 Å². The van der Waals surface area contributed by atoms with Gasteiger partial charge in [0.05, 0.1) is 11.2 Å². The van der Waals surface area contributed by atoms with Crippen LogP contribution >= 0.6 is 11.6 Å². The molecule has 0 aromatic carbocycles. The number of nitrogens with one attached hydrogen (secondary N) is 1. The van der Waals surface area contributed by atoms with Crippen molar-refractivity contribution in [3.8, 4) is 5.75 Å². The number of carbonyl (C=O) groups is 1. The average molecular weight is 347 g/mol. The smallest absolute Gasteiger partial charge is 0.225 e. The van der Waals surface area contributed by atoms with Gasteiger partial charge in [-0.15, -0.1) is 0 Å². The lowest BCUT2D eigenvalue weighted by Crippen LogP contribution is -2.35. The summed E-state index contributed by atoms with van der Waals surface area (Å²) >= 11 is 5.86. The van der Waals surface area contributed by atoms with Crippen LogP contribution in [0.4, 0.5) is 11.6 Å². The van der Waals surface area contributed by atoms with Crippen LogP contribution in [-0.2, 0) is 4.79 Å². The SMILES string of the molecule is O=C(CC1CCN(c2ccc(Cl)cn2)CC1)Nc1ccc(O)cn1. The third kappa shape index (κ3) is 4.35. The number of hydrogen-bond acceptors (Lipinski definition) is 5. The Kier molecular flexibility index (Phi) is 5.15. The number of anilines is 2. The molecule has 2 aromatic heterocycles. The molecule has 0 atom stereocenters. The Morgan fingerprint density at radius 3 is 2.62 bits per heavy atom. The largest absolute Gasteiger partial charge is 0.506 e. The first kappa shape index (κ1) is 16.5. The van der Waals surface area contributed by atoms with Crippen LogP contribution < -0.4 is 10.2 Å². The summed E-state index contributed by atoms with van der Waals surface area (Å²) in [6.07, 6.45) is 5.33. The number of hydrogen-bond donors (Lipinski definition) is 2. The zero-order valence-corrected chi connectivity index (χ0v) is 13.9. The number of carbonyl (C=O) groups excluding carboxylic acids is 1. The molecule has 3 heterocycles. The number of piperidine rings is 1. The first-order chi connectivity index (χ1) is 11.6. The zero-order valence-electron chi connectivity index (χ0n) is 13.2. The summed E-state index contributed by atoms with van der Waals surface area (Å²) < 4.78 is 0. The van der Waals surface area contributed by atoms with Gasteiger partial charge in [-0.25, -0.2) is 9.97 Å². The van der Waals surface area contributed by atoms with Crippen LogP contribution in [0.5, 0.6) is 5.75 Å². The van der Waals surface area contributed by atoms with Crippen LogP contribution in [0.25, 0.3) is 0 Å². The summed E-state index contributed by atoms with van der Waals surface area (Å²) in [5, 5.41) is 12.6. The molecule has 7 heteroatoms. The molecule has 0 aliphatic carbocycles. The standard InChI is InChI=1S/C17H19ClN4O2/c18-13-1-4-16(20-10-13)22-7-5-12(6-8-22)9-17(24)21-15-3-2-14(23)11-19-15/h1-4,10-12,23H,5-9H2,(H,19,21,24). The highest BCUT2D eigenvalue weighted by Crippen LogP contribution is 2.25. The third-order valence-corrected chi connectivity index (χ3v) is 4.36. The van der Waals surface area contributed by atoms with E-state index in [0.717, 1.165) is 31.7 Å². The van der Waals surface area contributed by atoms with Crippen molar-refractivity contribution in [1.82, 2.24) is 9.97 Å². The molecular formula is C17H19ClN4O2. The first-order valence-electron chi connectivity index (χ1n) is 7.91. The Balaban J connectivity index is 1.47. The molecule has 0 bridgehead atoms. The van der Waals surface area contributed by atoms with Gasteiger partial charge in [-0.2, -0.15) is 0 Å². The fourth-order valence-corrected chi connectivity index (χ4v) is 2.95. The lowest BCUT2D eigenvalue weighted by molar-refractivity contribution is -0.117. The van der Waals surface area contributed by atoms with Gasteiger partial charge in [-0.3, -0.25) is 4.79 Å². The minimum atomic E-state index is -0.0451. The van der Waals surface area contributed by atoms with Gasteiger partial charge >= 0.3 is 0 Å². The highest BCUT2D eigenvalue weighted by Gasteiger charge is 2.22. The number of rotatable bonds is 4. The highest BCUT2D eigenvalue weighted by atomic mass is 35.5. The second-order valence-corrected chi connectivity index (χ2v) is 6.36. The van der Waals surface area contributed by atoms with Crippen molar-refractivity contribution < 1.29 is 9.90 Å². The van der Waals surface area contributed by atoms with Gasteiger partial charge in [0, 0.05) is 25.7 Å². The summed E-state index contributed by atoms with van der Waals surface area (Å²) in [6.45, 7) is 1.76. The molecule has 0 radical (unpaired) electrons. The number of pyridine rings is 2. The second kappa shape index (κ2) is 7.49. The minimum Gasteiger partial charge on any atom is -0.506 e. The minimum absolute atomic E-state index is 0.0451. The van der Waals surface area contributed by atoms with Gasteiger partial charge in [-0.05, 0) is 43.0 Å². The maximum absolute atomic E-state index is 12.1. The fraction of sp³-hybridized carbons (Fsp3) is 0.353. The van der Waals surface area contributed by atoms with E-state index in [-0.39, 0.29) is 11.7 Å². The lowest BCUT2D eigenvalue weighted by atomic mass is 9.93. The lowest BCUT2D eigenvalue weighted by Gasteiger charge is -2.32. The van der Waals surface area contributed by atoms with Crippen molar-refractivity contribution in [3.63, 3.8) is 0 Å². The van der Waals surface area contributed by atoms with Crippen LogP contribution in [0, 0.1) is 5.92 Å². The van der Waals surface area contributed by atoms with Crippen LogP contribution in [0.15, 0.2) is 36.7 Å². The summed E-state index contributed by atoms with van der Waals surface area (Å²) in [5.74, 6) is 1.77. The Labute approximate surface area is 145 Å². The van der Waals surface area contributed by atoms with E-state index >= 15 is 0 Å². The van der Waals surface area contributed by atoms with Gasteiger partial charge < -0.3 is 15.3 Å². The van der Waals surface area contributed by atoms with Crippen molar-refractivity contribution in [1.29, 1.82) is 0 Å². The number of aromatic nitrogens is 2. The normalized spacial score (nSPS) is 15.3. The van der Waals surface area contributed by atoms with Gasteiger partial charge in [0.25, 0.3) is 0 Å². The van der Waals surface area contributed by atoms with Gasteiger partial charge in [0.2, 0.25) is 5.91 Å². The molecule has 6 nitrogen and oxygen atoms in total. The molecule has 0 spiro atoms. The number of halogens is 1. The Hall–Kier alpha value is -2.34. The molecule has 1 aliphatic rings. The molecule has 0 unspecified atom stereocenters. The van der Waals surface area contributed by atoms with Gasteiger partial charge in [0.15, 0.2) is 0 Å². The Morgan fingerprint density at radius 1 is 1.21 bits per heavy atom. The molecule has 0 saturated carbocycles. The van der Waals surface area contributed by atoms with Crippen molar-refractivity contribution in [2.24, 2.45) is 5.92 Å². The van der Waals surface area contributed by atoms with E-state index in [4.69, 9.17) is 11.6 Å². The maximum atomic E-state index is 12.1. The van der Waals surface area contributed by atoms with Crippen molar-refractivity contribution in [3.05, 3.63) is 41.7 Å². The van der Waals surface area contributed by atoms with E-state index in [9.17, 15) is 9.90 Å². The molecular weight excluding hydrogens is 328 g/mol. The van der Waals surface area contributed by atoms with E-state index < -0.39 is 0 Å². The Bertz CT molecular complexity index is 683. The number of amides is 1. The van der Waals surface area contributed by atoms with Crippen molar-refractivity contribution >= 4 is 29.1 Å². The molecule has 2 N–H and O–H groups in total. The first-order valence-corrected chi connectivity index (χ1v) is 8.29. The van der Waals surface area contributed by atoms with Gasteiger partial charge in [0.1, 0.15) is 17.4 Å². The van der Waals surface area contributed by atoms with E-state index in [0.29, 0.717) is 23.2 Å². The molecule has 1 saturated heterocycles. The molecule has 3 rings (SSSR count). The van der Waals surface area contributed by atoms with Crippen LogP contribution in [0.3, 0.4) is 0 Å². The fourth-order valence-electron chi connectivity index (χ4n) is 2.84. The summed E-state index contributed by atoms with van der Waals surface area (Å²) in [5.41, 5.74) is 0. The molecule has 126 valence electrons. The maximum Gasteiger partial charge on any atom is 0.225 e. The van der Waals surface area contributed by atoms with E-state index in [1.807, 2.05) is 12.1 Å². The molecule has 2 aromatic rings. The van der Waals surface area contributed by atoms with Crippen molar-refractivity contribution in [2.75, 3.05) is 23.3 Å². The number of aromatic hydroxyl groups is 1. The van der Waals surface area contributed by atoms with Gasteiger partial charge in [-0.1, -0.05) is 11.6 Å². The van der Waals surface area contributed by atoms with E-state index in [1.54, 1.807) is 12.3 Å². The monoisotopic (exact) mass is 346 g/mol. The van der Waals surface area contributed by atoms with Crippen molar-refractivity contribution in [2.45, 2.75) is 19.3 Å². The molecule has 1 aliphatic heterocycles. The van der Waals surface area contributed by atoms with E-state index in [1.165, 1.54) is 12.3 Å².